The lowest BCUT2D eigenvalue weighted by atomic mass is 9.87. The molecule has 1 unspecified atom stereocenters. The van der Waals surface area contributed by atoms with E-state index in [4.69, 9.17) is 10.5 Å². The molecule has 0 saturated carbocycles. The zero-order valence-electron chi connectivity index (χ0n) is 10.8. The van der Waals surface area contributed by atoms with E-state index < -0.39 is 11.9 Å². The molecule has 0 aromatic heterocycles. The molecular formula is C13H19NO4. The summed E-state index contributed by atoms with van der Waals surface area (Å²) >= 11 is 0. The number of rotatable bonds is 5. The number of benzene rings is 1. The zero-order valence-corrected chi connectivity index (χ0v) is 10.8. The molecule has 4 N–H and O–H groups in total. The number of nitrogens with two attached hydrogens (primary N) is 1. The van der Waals surface area contributed by atoms with E-state index >= 15 is 0 Å². The first-order chi connectivity index (χ1) is 8.43. The van der Waals surface area contributed by atoms with Crippen LogP contribution in [0.3, 0.4) is 0 Å². The molecule has 0 spiro atoms. The van der Waals surface area contributed by atoms with E-state index in [-0.39, 0.29) is 24.0 Å². The van der Waals surface area contributed by atoms with Gasteiger partial charge in [0.25, 0.3) is 0 Å². The summed E-state index contributed by atoms with van der Waals surface area (Å²) in [5.74, 6) is -1.78. The molecule has 1 rings (SSSR count). The Bertz CT molecular complexity index is 443. The molecule has 18 heavy (non-hydrogen) atoms. The number of carbonyl (C=O) groups is 1. The normalized spacial score (nSPS) is 12.5. The number of carboxylic acid groups (broad SMARTS) is 1. The number of aliphatic carboxylic acids is 1. The van der Waals surface area contributed by atoms with Crippen LogP contribution in [0, 0.1) is 0 Å². The summed E-state index contributed by atoms with van der Waals surface area (Å²) < 4.78 is 5.01. The minimum absolute atomic E-state index is 0.0736. The van der Waals surface area contributed by atoms with Crippen molar-refractivity contribution in [1.29, 1.82) is 0 Å². The molecule has 5 heteroatoms. The summed E-state index contributed by atoms with van der Waals surface area (Å²) in [5.41, 5.74) is 6.62. The number of phenolic OH excluding ortho intramolecular Hbond substituents is 1. The van der Waals surface area contributed by atoms with Crippen molar-refractivity contribution in [3.8, 4) is 11.5 Å². The molecule has 100 valence electrons. The molecule has 0 heterocycles. The lowest BCUT2D eigenvalue weighted by molar-refractivity contribution is -0.138. The Labute approximate surface area is 106 Å². The summed E-state index contributed by atoms with van der Waals surface area (Å²) in [7, 11) is 1.42. The fourth-order valence-corrected chi connectivity index (χ4v) is 1.98. The van der Waals surface area contributed by atoms with Gasteiger partial charge >= 0.3 is 5.97 Å². The molecule has 5 nitrogen and oxygen atoms in total. The number of ether oxygens (including phenoxy) is 1. The Balaban J connectivity index is 3.49. The Morgan fingerprint density at radius 1 is 1.44 bits per heavy atom. The van der Waals surface area contributed by atoms with Gasteiger partial charge in [-0.3, -0.25) is 4.79 Å². The number of hydrogen-bond donors (Lipinski definition) is 3. The third-order valence-electron chi connectivity index (χ3n) is 2.94. The zero-order chi connectivity index (χ0) is 13.9. The number of carboxylic acids is 1. The van der Waals surface area contributed by atoms with Crippen molar-refractivity contribution in [3.63, 3.8) is 0 Å². The van der Waals surface area contributed by atoms with Crippen LogP contribution < -0.4 is 10.5 Å². The topological polar surface area (TPSA) is 92.8 Å². The van der Waals surface area contributed by atoms with Crippen molar-refractivity contribution in [2.45, 2.75) is 25.7 Å². The number of phenols is 1. The van der Waals surface area contributed by atoms with E-state index in [0.29, 0.717) is 5.56 Å². The lowest BCUT2D eigenvalue weighted by Crippen LogP contribution is -2.23. The SMILES string of the molecule is COc1ccc(C(C)C)c(C(CN)C(=O)O)c1O. The Kier molecular flexibility index (Phi) is 4.55. The van der Waals surface area contributed by atoms with Crippen LogP contribution in [0.15, 0.2) is 12.1 Å². The molecular weight excluding hydrogens is 234 g/mol. The minimum atomic E-state index is -1.05. The summed E-state index contributed by atoms with van der Waals surface area (Å²) in [4.78, 5) is 11.2. The highest BCUT2D eigenvalue weighted by Crippen LogP contribution is 2.39. The van der Waals surface area contributed by atoms with Crippen LogP contribution in [-0.2, 0) is 4.79 Å². The van der Waals surface area contributed by atoms with Gasteiger partial charge in [-0.25, -0.2) is 0 Å². The molecule has 1 aromatic rings. The molecule has 0 radical (unpaired) electrons. The van der Waals surface area contributed by atoms with Gasteiger partial charge in [0, 0.05) is 12.1 Å². The highest BCUT2D eigenvalue weighted by atomic mass is 16.5. The predicted octanol–water partition coefficient (Wildman–Crippen LogP) is 1.65. The largest absolute Gasteiger partial charge is 0.504 e. The van der Waals surface area contributed by atoms with Crippen molar-refractivity contribution >= 4 is 5.97 Å². The molecule has 1 aromatic carbocycles. The van der Waals surface area contributed by atoms with Gasteiger partial charge in [0.05, 0.1) is 13.0 Å². The monoisotopic (exact) mass is 253 g/mol. The van der Waals surface area contributed by atoms with Crippen molar-refractivity contribution in [3.05, 3.63) is 23.3 Å². The molecule has 0 amide bonds. The molecule has 1 atom stereocenters. The number of aromatic hydroxyl groups is 1. The van der Waals surface area contributed by atoms with Crippen LogP contribution in [0.5, 0.6) is 11.5 Å². The fourth-order valence-electron chi connectivity index (χ4n) is 1.98. The van der Waals surface area contributed by atoms with E-state index in [2.05, 4.69) is 0 Å². The van der Waals surface area contributed by atoms with Crippen LogP contribution >= 0.6 is 0 Å². The Morgan fingerprint density at radius 2 is 2.06 bits per heavy atom. The maximum absolute atomic E-state index is 11.2. The van der Waals surface area contributed by atoms with Crippen LogP contribution in [0.4, 0.5) is 0 Å². The van der Waals surface area contributed by atoms with E-state index in [9.17, 15) is 15.0 Å². The Morgan fingerprint density at radius 3 is 2.44 bits per heavy atom. The summed E-state index contributed by atoms with van der Waals surface area (Å²) in [6.45, 7) is 3.79. The molecule has 0 fully saturated rings. The van der Waals surface area contributed by atoms with Gasteiger partial charge in [-0.1, -0.05) is 19.9 Å². The third kappa shape index (κ3) is 2.56. The van der Waals surface area contributed by atoms with Gasteiger partial charge in [-0.15, -0.1) is 0 Å². The molecule has 0 aliphatic carbocycles. The second kappa shape index (κ2) is 5.73. The molecule has 0 aliphatic heterocycles. The van der Waals surface area contributed by atoms with Crippen LogP contribution in [0.25, 0.3) is 0 Å². The van der Waals surface area contributed by atoms with Gasteiger partial charge in [0.2, 0.25) is 0 Å². The highest BCUT2D eigenvalue weighted by Gasteiger charge is 2.27. The second-order valence-electron chi connectivity index (χ2n) is 4.40. The van der Waals surface area contributed by atoms with E-state index in [0.717, 1.165) is 5.56 Å². The average molecular weight is 253 g/mol. The first kappa shape index (κ1) is 14.3. The highest BCUT2D eigenvalue weighted by molar-refractivity contribution is 5.79. The van der Waals surface area contributed by atoms with E-state index in [1.54, 1.807) is 12.1 Å². The summed E-state index contributed by atoms with van der Waals surface area (Å²) in [5, 5.41) is 19.3. The standard InChI is InChI=1S/C13H19NO4/c1-7(2)8-4-5-10(18-3)12(15)11(8)9(6-14)13(16)17/h4-5,7,9,15H,6,14H2,1-3H3,(H,16,17). The van der Waals surface area contributed by atoms with Crippen molar-refractivity contribution in [2.75, 3.05) is 13.7 Å². The Hall–Kier alpha value is -1.75. The van der Waals surface area contributed by atoms with Crippen molar-refractivity contribution < 1.29 is 19.7 Å². The third-order valence-corrected chi connectivity index (χ3v) is 2.94. The maximum atomic E-state index is 11.2. The smallest absolute Gasteiger partial charge is 0.312 e. The van der Waals surface area contributed by atoms with Gasteiger partial charge in [0.15, 0.2) is 11.5 Å². The fraction of sp³-hybridized carbons (Fsp3) is 0.462. The van der Waals surface area contributed by atoms with E-state index in [1.807, 2.05) is 13.8 Å². The lowest BCUT2D eigenvalue weighted by Gasteiger charge is -2.20. The van der Waals surface area contributed by atoms with E-state index in [1.165, 1.54) is 7.11 Å². The average Bonchev–Trinajstić information content (AvgIpc) is 2.31. The van der Waals surface area contributed by atoms with Gasteiger partial charge in [-0.05, 0) is 17.5 Å². The predicted molar refractivity (Wildman–Crippen MR) is 68.2 cm³/mol. The quantitative estimate of drug-likeness (QED) is 0.742. The van der Waals surface area contributed by atoms with Gasteiger partial charge in [-0.2, -0.15) is 0 Å². The number of methoxy groups -OCH3 is 1. The summed E-state index contributed by atoms with van der Waals surface area (Å²) in [6.07, 6.45) is 0. The molecule has 0 saturated heterocycles. The second-order valence-corrected chi connectivity index (χ2v) is 4.40. The summed E-state index contributed by atoms with van der Waals surface area (Å²) in [6, 6.07) is 3.40. The maximum Gasteiger partial charge on any atom is 0.312 e. The molecule has 0 aliphatic rings. The van der Waals surface area contributed by atoms with Crippen LogP contribution in [0.2, 0.25) is 0 Å². The minimum Gasteiger partial charge on any atom is -0.504 e. The number of hydrogen-bond acceptors (Lipinski definition) is 4. The van der Waals surface area contributed by atoms with Crippen molar-refractivity contribution in [2.24, 2.45) is 5.73 Å². The van der Waals surface area contributed by atoms with Crippen LogP contribution in [0.1, 0.15) is 36.8 Å². The van der Waals surface area contributed by atoms with Crippen molar-refractivity contribution in [1.82, 2.24) is 0 Å². The first-order valence-corrected chi connectivity index (χ1v) is 5.76. The first-order valence-electron chi connectivity index (χ1n) is 5.76. The van der Waals surface area contributed by atoms with Crippen LogP contribution in [-0.4, -0.2) is 29.8 Å². The van der Waals surface area contributed by atoms with Gasteiger partial charge < -0.3 is 20.7 Å². The molecule has 0 bridgehead atoms. The van der Waals surface area contributed by atoms with Gasteiger partial charge in [0.1, 0.15) is 0 Å².